The number of hydrogen-bond donors (Lipinski definition) is 2. The molecule has 0 aliphatic carbocycles. The van der Waals surface area contributed by atoms with E-state index in [1.165, 1.54) is 31.2 Å². The quantitative estimate of drug-likeness (QED) is 0.346. The fraction of sp³-hybridized carbons (Fsp3) is 0.188. The average Bonchev–Trinajstić information content (AvgIpc) is 2.49. The normalized spacial score (nSPS) is 12.1. The molecule has 0 spiro atoms. The molecule has 3 N–H and O–H groups in total. The monoisotopic (exact) mass is 454 g/mol. The van der Waals surface area contributed by atoms with E-state index in [1.807, 2.05) is 0 Å². The van der Waals surface area contributed by atoms with Crippen molar-refractivity contribution in [2.75, 3.05) is 11.1 Å². The number of benzene rings is 2. The maximum absolute atomic E-state index is 13.5. The maximum Gasteiger partial charge on any atom is 0.464 e. The number of rotatable bonds is 4. The molecular formula is C16H12BrF5N2OS. The van der Waals surface area contributed by atoms with Gasteiger partial charge in [0.15, 0.2) is 0 Å². The largest absolute Gasteiger partial charge is 0.464 e. The molecule has 0 fully saturated rings. The van der Waals surface area contributed by atoms with Gasteiger partial charge < -0.3 is 11.1 Å². The summed E-state index contributed by atoms with van der Waals surface area (Å²) in [5.41, 5.74) is 6.28. The van der Waals surface area contributed by atoms with Crippen LogP contribution in [-0.4, -0.2) is 17.3 Å². The van der Waals surface area contributed by atoms with Crippen molar-refractivity contribution in [1.29, 1.82) is 0 Å². The van der Waals surface area contributed by atoms with Crippen LogP contribution in [0.15, 0.2) is 45.8 Å². The average molecular weight is 455 g/mol. The molecule has 0 aromatic heterocycles. The number of nitrogens with two attached hydrogens (primary N) is 1. The highest BCUT2D eigenvalue weighted by Gasteiger charge is 2.58. The van der Waals surface area contributed by atoms with E-state index in [0.29, 0.717) is 11.3 Å². The van der Waals surface area contributed by atoms with Crippen molar-refractivity contribution in [3.63, 3.8) is 0 Å². The highest BCUT2D eigenvalue weighted by atomic mass is 79.9. The third-order valence-corrected chi connectivity index (χ3v) is 4.81. The number of carbonyl (C=O) groups excluding carboxylic acids is 1. The second-order valence-electron chi connectivity index (χ2n) is 5.32. The highest BCUT2D eigenvalue weighted by molar-refractivity contribution is 9.10. The van der Waals surface area contributed by atoms with Crippen LogP contribution in [0.25, 0.3) is 0 Å². The maximum atomic E-state index is 13.5. The Morgan fingerprint density at radius 1 is 1.15 bits per heavy atom. The first-order chi connectivity index (χ1) is 11.9. The number of halogens is 6. The van der Waals surface area contributed by atoms with Crippen LogP contribution < -0.4 is 11.1 Å². The predicted octanol–water partition coefficient (Wildman–Crippen LogP) is 5.84. The van der Waals surface area contributed by atoms with Crippen molar-refractivity contribution >= 4 is 45.0 Å². The summed E-state index contributed by atoms with van der Waals surface area (Å²) in [5, 5.41) is -2.66. The van der Waals surface area contributed by atoms with Crippen molar-refractivity contribution in [1.82, 2.24) is 0 Å². The second-order valence-corrected chi connectivity index (χ2v) is 7.33. The summed E-state index contributed by atoms with van der Waals surface area (Å²) in [7, 11) is 0. The van der Waals surface area contributed by atoms with Gasteiger partial charge in [0, 0.05) is 20.6 Å². The molecule has 0 unspecified atom stereocenters. The van der Waals surface area contributed by atoms with Gasteiger partial charge in [0.25, 0.3) is 5.91 Å². The standard InChI is InChI=1S/C16H12BrF5N2OS/c1-8-5-11(17)13(12(6-8)26-16(21,22)15(18,19)20)24-14(25)9-3-2-4-10(23)7-9/h2-7H,23H2,1H3,(H,24,25). The SMILES string of the molecule is Cc1cc(Br)c(NC(=O)c2cccc(N)c2)c(SC(F)(F)C(F)(F)F)c1. The number of anilines is 2. The first-order valence-corrected chi connectivity index (χ1v) is 8.62. The Bertz CT molecular complexity index is 842. The first-order valence-electron chi connectivity index (χ1n) is 7.01. The summed E-state index contributed by atoms with van der Waals surface area (Å²) in [6, 6.07) is 8.49. The van der Waals surface area contributed by atoms with E-state index in [1.54, 1.807) is 6.07 Å². The minimum Gasteiger partial charge on any atom is -0.399 e. The van der Waals surface area contributed by atoms with Crippen LogP contribution >= 0.6 is 27.7 Å². The van der Waals surface area contributed by atoms with E-state index in [0.717, 1.165) is 6.07 Å². The van der Waals surface area contributed by atoms with Crippen molar-refractivity contribution in [2.24, 2.45) is 0 Å². The first kappa shape index (κ1) is 20.5. The molecule has 0 bridgehead atoms. The third kappa shape index (κ3) is 4.67. The Labute approximate surface area is 158 Å². The Balaban J connectivity index is 2.41. The Hall–Kier alpha value is -1.81. The van der Waals surface area contributed by atoms with Crippen molar-refractivity contribution < 1.29 is 26.7 Å². The van der Waals surface area contributed by atoms with Crippen LogP contribution in [0.5, 0.6) is 0 Å². The molecule has 0 radical (unpaired) electrons. The molecule has 0 atom stereocenters. The number of nitrogen functional groups attached to an aromatic ring is 1. The molecule has 1 amide bonds. The molecule has 0 aliphatic heterocycles. The number of alkyl halides is 5. The summed E-state index contributed by atoms with van der Waals surface area (Å²) in [6.07, 6.45) is -5.73. The minimum atomic E-state index is -5.73. The van der Waals surface area contributed by atoms with E-state index in [9.17, 15) is 26.7 Å². The Morgan fingerprint density at radius 3 is 2.38 bits per heavy atom. The molecule has 2 aromatic carbocycles. The zero-order valence-corrected chi connectivity index (χ0v) is 15.5. The van der Waals surface area contributed by atoms with Crippen LogP contribution in [0.1, 0.15) is 15.9 Å². The van der Waals surface area contributed by atoms with Gasteiger partial charge in [0.05, 0.1) is 5.69 Å². The third-order valence-electron chi connectivity index (χ3n) is 3.15. The second kappa shape index (κ2) is 7.43. The fourth-order valence-corrected chi connectivity index (χ4v) is 3.68. The lowest BCUT2D eigenvalue weighted by Gasteiger charge is -2.21. The van der Waals surface area contributed by atoms with Gasteiger partial charge in [-0.15, -0.1) is 0 Å². The minimum absolute atomic E-state index is 0.135. The van der Waals surface area contributed by atoms with Crippen molar-refractivity contribution in [2.45, 2.75) is 23.3 Å². The highest BCUT2D eigenvalue weighted by Crippen LogP contribution is 2.50. The lowest BCUT2D eigenvalue weighted by Crippen LogP contribution is -2.32. The van der Waals surface area contributed by atoms with Crippen molar-refractivity contribution in [3.05, 3.63) is 52.0 Å². The van der Waals surface area contributed by atoms with Gasteiger partial charge in [-0.3, -0.25) is 4.79 Å². The number of amides is 1. The van der Waals surface area contributed by atoms with Gasteiger partial charge in [0.2, 0.25) is 0 Å². The van der Waals surface area contributed by atoms with Gasteiger partial charge in [-0.1, -0.05) is 6.07 Å². The lowest BCUT2D eigenvalue weighted by molar-refractivity contribution is -0.237. The van der Waals surface area contributed by atoms with E-state index in [2.05, 4.69) is 21.2 Å². The van der Waals surface area contributed by atoms with Gasteiger partial charge >= 0.3 is 11.4 Å². The van der Waals surface area contributed by atoms with Crippen LogP contribution in [0.4, 0.5) is 33.3 Å². The molecular weight excluding hydrogens is 443 g/mol. The molecule has 2 rings (SSSR count). The van der Waals surface area contributed by atoms with E-state index < -0.39 is 34.0 Å². The summed E-state index contributed by atoms with van der Waals surface area (Å²) < 4.78 is 64.7. The van der Waals surface area contributed by atoms with Gasteiger partial charge in [0.1, 0.15) is 0 Å². The number of hydrogen-bond acceptors (Lipinski definition) is 3. The van der Waals surface area contributed by atoms with Crippen LogP contribution in [0.2, 0.25) is 0 Å². The Morgan fingerprint density at radius 2 is 1.81 bits per heavy atom. The van der Waals surface area contributed by atoms with Gasteiger partial charge in [-0.05, 0) is 70.5 Å². The van der Waals surface area contributed by atoms with Gasteiger partial charge in [-0.2, -0.15) is 22.0 Å². The smallest absolute Gasteiger partial charge is 0.399 e. The van der Waals surface area contributed by atoms with Crippen LogP contribution in [-0.2, 0) is 0 Å². The van der Waals surface area contributed by atoms with E-state index in [4.69, 9.17) is 5.73 Å². The number of thioether (sulfide) groups is 1. The molecule has 140 valence electrons. The molecule has 0 saturated carbocycles. The summed E-state index contributed by atoms with van der Waals surface area (Å²) >= 11 is 2.41. The molecule has 0 saturated heterocycles. The Kier molecular flexibility index (Phi) is 5.86. The molecule has 2 aromatic rings. The lowest BCUT2D eigenvalue weighted by atomic mass is 10.1. The van der Waals surface area contributed by atoms with E-state index in [-0.39, 0.29) is 15.7 Å². The molecule has 0 heterocycles. The van der Waals surface area contributed by atoms with E-state index >= 15 is 0 Å². The van der Waals surface area contributed by atoms with Crippen LogP contribution in [0, 0.1) is 6.92 Å². The predicted molar refractivity (Wildman–Crippen MR) is 94.5 cm³/mol. The molecule has 0 aliphatic rings. The summed E-state index contributed by atoms with van der Waals surface area (Å²) in [4.78, 5) is 11.9. The molecule has 26 heavy (non-hydrogen) atoms. The summed E-state index contributed by atoms with van der Waals surface area (Å²) in [5.74, 6) is -0.695. The fourth-order valence-electron chi connectivity index (χ4n) is 1.97. The topological polar surface area (TPSA) is 55.1 Å². The zero-order chi connectivity index (χ0) is 19.7. The number of carbonyl (C=O) groups is 1. The number of aryl methyl sites for hydroxylation is 1. The van der Waals surface area contributed by atoms with Crippen molar-refractivity contribution in [3.8, 4) is 0 Å². The van der Waals surface area contributed by atoms with Gasteiger partial charge in [-0.25, -0.2) is 0 Å². The van der Waals surface area contributed by atoms with Crippen LogP contribution in [0.3, 0.4) is 0 Å². The summed E-state index contributed by atoms with van der Waals surface area (Å²) in [6.45, 7) is 1.53. The molecule has 3 nitrogen and oxygen atoms in total. The molecule has 10 heteroatoms. The number of nitrogens with one attached hydrogen (secondary N) is 1. The zero-order valence-electron chi connectivity index (χ0n) is 13.1.